The fourth-order valence-electron chi connectivity index (χ4n) is 3.20. The van der Waals surface area contributed by atoms with Crippen LogP contribution in [0.1, 0.15) is 32.3 Å². The maximum atomic E-state index is 11.0. The van der Waals surface area contributed by atoms with Gasteiger partial charge in [0.1, 0.15) is 0 Å². The molecule has 2 aromatic rings. The van der Waals surface area contributed by atoms with Crippen molar-refractivity contribution in [3.8, 4) is 0 Å². The van der Waals surface area contributed by atoms with Gasteiger partial charge in [-0.2, -0.15) is 0 Å². The largest absolute Gasteiger partial charge is 0.385 e. The highest BCUT2D eigenvalue weighted by molar-refractivity contribution is 5.84. The summed E-state index contributed by atoms with van der Waals surface area (Å²) in [5, 5.41) is 12.1. The van der Waals surface area contributed by atoms with Gasteiger partial charge in [-0.05, 0) is 19.9 Å². The van der Waals surface area contributed by atoms with Crippen LogP contribution in [0.15, 0.2) is 30.5 Å². The van der Waals surface area contributed by atoms with E-state index >= 15 is 0 Å². The van der Waals surface area contributed by atoms with Gasteiger partial charge in [-0.15, -0.1) is 0 Å². The Morgan fingerprint density at radius 1 is 1.22 bits per heavy atom. The third-order valence-electron chi connectivity index (χ3n) is 3.81. The van der Waals surface area contributed by atoms with Gasteiger partial charge in [0.05, 0.1) is 17.8 Å². The van der Waals surface area contributed by atoms with Crippen LogP contribution in [0.5, 0.6) is 0 Å². The molecule has 1 fully saturated rings. The molecule has 3 nitrogen and oxygen atoms in total. The highest BCUT2D eigenvalue weighted by atomic mass is 16.5. The number of aromatic amines is 1. The number of aliphatic hydroxyl groups is 1. The summed E-state index contributed by atoms with van der Waals surface area (Å²) in [7, 11) is 0. The Balaban J connectivity index is 2.07. The van der Waals surface area contributed by atoms with Gasteiger partial charge in [0, 0.05) is 35.5 Å². The predicted molar refractivity (Wildman–Crippen MR) is 71.4 cm³/mol. The average Bonchev–Trinajstić information content (AvgIpc) is 2.71. The number of hydrogen-bond acceptors (Lipinski definition) is 2. The lowest BCUT2D eigenvalue weighted by Gasteiger charge is -2.39. The molecule has 2 N–H and O–H groups in total. The number of hydrogen-bond donors (Lipinski definition) is 2. The van der Waals surface area contributed by atoms with Crippen molar-refractivity contribution >= 4 is 10.9 Å². The lowest BCUT2D eigenvalue weighted by atomic mass is 9.81. The third-order valence-corrected chi connectivity index (χ3v) is 3.81. The maximum absolute atomic E-state index is 11.0. The Morgan fingerprint density at radius 2 is 1.89 bits per heavy atom. The molecule has 2 unspecified atom stereocenters. The molecule has 0 bridgehead atoms. The van der Waals surface area contributed by atoms with Crippen molar-refractivity contribution in [3.05, 3.63) is 36.0 Å². The summed E-state index contributed by atoms with van der Waals surface area (Å²) in [6, 6.07) is 8.11. The first-order valence-corrected chi connectivity index (χ1v) is 6.53. The minimum Gasteiger partial charge on any atom is -0.385 e. The lowest BCUT2D eigenvalue weighted by molar-refractivity contribution is -0.135. The van der Waals surface area contributed by atoms with E-state index in [9.17, 15) is 5.11 Å². The van der Waals surface area contributed by atoms with Gasteiger partial charge in [-0.25, -0.2) is 0 Å². The normalized spacial score (nSPS) is 32.8. The Kier molecular flexibility index (Phi) is 2.68. The van der Waals surface area contributed by atoms with E-state index in [1.54, 1.807) is 0 Å². The van der Waals surface area contributed by atoms with Gasteiger partial charge in [0.25, 0.3) is 0 Å². The second-order valence-corrected chi connectivity index (χ2v) is 5.45. The van der Waals surface area contributed by atoms with Gasteiger partial charge in [-0.1, -0.05) is 18.2 Å². The van der Waals surface area contributed by atoms with E-state index in [1.807, 2.05) is 38.2 Å². The molecule has 2 atom stereocenters. The number of H-pyrrole nitrogens is 1. The van der Waals surface area contributed by atoms with E-state index in [-0.39, 0.29) is 12.2 Å². The number of benzene rings is 1. The minimum absolute atomic E-state index is 0.0902. The summed E-state index contributed by atoms with van der Waals surface area (Å²) in [6.45, 7) is 4.05. The molecule has 0 amide bonds. The van der Waals surface area contributed by atoms with Crippen LogP contribution < -0.4 is 0 Å². The first kappa shape index (κ1) is 11.8. The molecule has 18 heavy (non-hydrogen) atoms. The molecule has 0 aliphatic carbocycles. The molecule has 0 spiro atoms. The quantitative estimate of drug-likeness (QED) is 0.811. The topological polar surface area (TPSA) is 45.2 Å². The molecule has 1 saturated heterocycles. The number of nitrogens with one attached hydrogen (secondary N) is 1. The summed E-state index contributed by atoms with van der Waals surface area (Å²) in [5.41, 5.74) is 1.30. The second-order valence-electron chi connectivity index (χ2n) is 5.45. The van der Waals surface area contributed by atoms with E-state index in [0.717, 1.165) is 16.5 Å². The van der Waals surface area contributed by atoms with Crippen molar-refractivity contribution in [3.63, 3.8) is 0 Å². The summed E-state index contributed by atoms with van der Waals surface area (Å²) in [6.07, 6.45) is 3.42. The van der Waals surface area contributed by atoms with Crippen molar-refractivity contribution in [2.75, 3.05) is 0 Å². The Bertz CT molecular complexity index is 550. The minimum atomic E-state index is -0.781. The number of para-hydroxylation sites is 1. The zero-order valence-electron chi connectivity index (χ0n) is 10.8. The van der Waals surface area contributed by atoms with Gasteiger partial charge in [0.15, 0.2) is 0 Å². The molecule has 1 aromatic heterocycles. The molecule has 0 radical (unpaired) electrons. The summed E-state index contributed by atoms with van der Waals surface area (Å²) < 4.78 is 5.72. The van der Waals surface area contributed by atoms with Crippen molar-refractivity contribution in [2.45, 2.75) is 44.5 Å². The van der Waals surface area contributed by atoms with E-state index in [0.29, 0.717) is 12.8 Å². The number of aromatic nitrogens is 1. The van der Waals surface area contributed by atoms with Gasteiger partial charge >= 0.3 is 0 Å². The predicted octanol–water partition coefficient (Wildman–Crippen LogP) is 2.94. The molecule has 96 valence electrons. The van der Waals surface area contributed by atoms with Crippen molar-refractivity contribution in [1.82, 2.24) is 4.98 Å². The highest BCUT2D eigenvalue weighted by Gasteiger charge is 2.39. The van der Waals surface area contributed by atoms with E-state index in [2.05, 4.69) is 11.1 Å². The monoisotopic (exact) mass is 245 g/mol. The molecule has 0 saturated carbocycles. The Labute approximate surface area is 107 Å². The SMILES string of the molecule is CC1CC(O)(c2c[nH]c3ccccc23)CC(C)O1. The van der Waals surface area contributed by atoms with Gasteiger partial charge in [0.2, 0.25) is 0 Å². The van der Waals surface area contributed by atoms with Crippen LogP contribution in [0.4, 0.5) is 0 Å². The molecule has 2 heterocycles. The van der Waals surface area contributed by atoms with Crippen molar-refractivity contribution in [2.24, 2.45) is 0 Å². The molecule has 3 rings (SSSR count). The highest BCUT2D eigenvalue weighted by Crippen LogP contribution is 2.40. The van der Waals surface area contributed by atoms with E-state index in [4.69, 9.17) is 4.74 Å². The summed E-state index contributed by atoms with van der Waals surface area (Å²) in [4.78, 5) is 3.24. The van der Waals surface area contributed by atoms with E-state index < -0.39 is 5.60 Å². The fourth-order valence-corrected chi connectivity index (χ4v) is 3.20. The number of ether oxygens (including phenoxy) is 1. The van der Waals surface area contributed by atoms with Crippen molar-refractivity contribution < 1.29 is 9.84 Å². The Morgan fingerprint density at radius 3 is 2.61 bits per heavy atom. The first-order valence-electron chi connectivity index (χ1n) is 6.53. The third kappa shape index (κ3) is 1.84. The molecule has 1 aliphatic heterocycles. The maximum Gasteiger partial charge on any atom is 0.0966 e. The van der Waals surface area contributed by atoms with E-state index in [1.165, 1.54) is 0 Å². The summed E-state index contributed by atoms with van der Waals surface area (Å²) in [5.74, 6) is 0. The molecular weight excluding hydrogens is 226 g/mol. The van der Waals surface area contributed by atoms with Crippen LogP contribution in [0.25, 0.3) is 10.9 Å². The lowest BCUT2D eigenvalue weighted by Crippen LogP contribution is -2.41. The van der Waals surface area contributed by atoms with Crippen LogP contribution in [0.3, 0.4) is 0 Å². The molecular formula is C15H19NO2. The van der Waals surface area contributed by atoms with Gasteiger partial charge in [-0.3, -0.25) is 0 Å². The smallest absolute Gasteiger partial charge is 0.0966 e. The van der Waals surface area contributed by atoms with Crippen LogP contribution in [-0.4, -0.2) is 22.3 Å². The molecule has 3 heteroatoms. The second kappa shape index (κ2) is 4.11. The van der Waals surface area contributed by atoms with Gasteiger partial charge < -0.3 is 14.8 Å². The fraction of sp³-hybridized carbons (Fsp3) is 0.467. The summed E-state index contributed by atoms with van der Waals surface area (Å²) >= 11 is 0. The molecule has 1 aromatic carbocycles. The van der Waals surface area contributed by atoms with Crippen LogP contribution >= 0.6 is 0 Å². The van der Waals surface area contributed by atoms with Crippen LogP contribution in [-0.2, 0) is 10.3 Å². The Hall–Kier alpha value is -1.32. The average molecular weight is 245 g/mol. The standard InChI is InChI=1S/C15H19NO2/c1-10-7-15(17,8-11(2)18-10)13-9-16-14-6-4-3-5-12(13)14/h3-6,9-11,16-17H,7-8H2,1-2H3. The zero-order chi connectivity index (χ0) is 12.8. The first-order chi connectivity index (χ1) is 8.58. The molecule has 1 aliphatic rings. The van der Waals surface area contributed by atoms with Crippen LogP contribution in [0.2, 0.25) is 0 Å². The zero-order valence-corrected chi connectivity index (χ0v) is 10.8. The van der Waals surface area contributed by atoms with Crippen molar-refractivity contribution in [1.29, 1.82) is 0 Å². The number of fused-ring (bicyclic) bond motifs is 1. The number of rotatable bonds is 1. The van der Waals surface area contributed by atoms with Crippen LogP contribution in [0, 0.1) is 0 Å².